The third kappa shape index (κ3) is 7.72. The lowest BCUT2D eigenvalue weighted by atomic mass is 10.0. The topological polar surface area (TPSA) is 110 Å². The van der Waals surface area contributed by atoms with E-state index in [9.17, 15) is 18.4 Å². The number of nitrogens with zero attached hydrogens (tertiary/aromatic N) is 6. The van der Waals surface area contributed by atoms with Crippen LogP contribution in [-0.4, -0.2) is 75.4 Å². The summed E-state index contributed by atoms with van der Waals surface area (Å²) in [6.07, 6.45) is 10.0. The van der Waals surface area contributed by atoms with Gasteiger partial charge in [-0.15, -0.1) is 0 Å². The van der Waals surface area contributed by atoms with Crippen molar-refractivity contribution >= 4 is 40.2 Å². The zero-order valence-corrected chi connectivity index (χ0v) is 26.7. The number of aromatic amines is 1. The van der Waals surface area contributed by atoms with Gasteiger partial charge in [0.2, 0.25) is 5.95 Å². The van der Waals surface area contributed by atoms with Crippen LogP contribution in [0.3, 0.4) is 0 Å². The number of rotatable bonds is 10. The number of hydrogen-bond acceptors (Lipinski definition) is 8. The molecule has 48 heavy (non-hydrogen) atoms. The number of hydrogen-bond donors (Lipinski definition) is 2. The predicted octanol–water partition coefficient (Wildman–Crippen LogP) is 5.62. The first-order valence-electron chi connectivity index (χ1n) is 15.7. The maximum atomic E-state index is 13.9. The van der Waals surface area contributed by atoms with Crippen LogP contribution >= 0.6 is 0 Å². The van der Waals surface area contributed by atoms with Crippen molar-refractivity contribution < 1.29 is 13.6 Å². The van der Waals surface area contributed by atoms with E-state index in [0.717, 1.165) is 60.2 Å². The zero-order valence-electron chi connectivity index (χ0n) is 26.7. The Morgan fingerprint density at radius 1 is 1.04 bits per heavy atom. The van der Waals surface area contributed by atoms with Gasteiger partial charge in [0.1, 0.15) is 5.56 Å². The van der Waals surface area contributed by atoms with Gasteiger partial charge in [-0.3, -0.25) is 9.59 Å². The number of amides is 1. The molecule has 10 nitrogen and oxygen atoms in total. The van der Waals surface area contributed by atoms with Gasteiger partial charge in [0.05, 0.1) is 11.8 Å². The largest absolute Gasteiger partial charge is 0.372 e. The third-order valence-electron chi connectivity index (χ3n) is 8.60. The number of H-pyrrole nitrogens is 1. The van der Waals surface area contributed by atoms with Crippen LogP contribution in [0.15, 0.2) is 90.3 Å². The van der Waals surface area contributed by atoms with Gasteiger partial charge in [0.25, 0.3) is 11.5 Å². The van der Waals surface area contributed by atoms with E-state index in [1.165, 1.54) is 29.2 Å². The van der Waals surface area contributed by atoms with Crippen LogP contribution in [0.2, 0.25) is 0 Å². The number of halogens is 2. The summed E-state index contributed by atoms with van der Waals surface area (Å²) in [5.41, 5.74) is 3.30. The van der Waals surface area contributed by atoms with Gasteiger partial charge < -0.3 is 25.0 Å². The fourth-order valence-corrected chi connectivity index (χ4v) is 5.78. The second-order valence-corrected chi connectivity index (χ2v) is 12.0. The molecule has 0 atom stereocenters. The fourth-order valence-electron chi connectivity index (χ4n) is 5.78. The van der Waals surface area contributed by atoms with E-state index >= 15 is 0 Å². The molecule has 1 aliphatic heterocycles. The van der Waals surface area contributed by atoms with Crippen molar-refractivity contribution in [1.29, 1.82) is 0 Å². The van der Waals surface area contributed by atoms with Crippen LogP contribution in [0.4, 0.5) is 26.1 Å². The maximum absolute atomic E-state index is 13.9. The summed E-state index contributed by atoms with van der Waals surface area (Å²) in [5.74, 6) is -2.11. The Morgan fingerprint density at radius 3 is 2.58 bits per heavy atom. The molecule has 5 aromatic rings. The Labute approximate surface area is 276 Å². The average molecular weight is 651 g/mol. The summed E-state index contributed by atoms with van der Waals surface area (Å²) >= 11 is 0. The van der Waals surface area contributed by atoms with Gasteiger partial charge >= 0.3 is 0 Å². The number of benzene rings is 3. The third-order valence-corrected chi connectivity index (χ3v) is 8.60. The molecule has 0 saturated carbocycles. The molecule has 1 fully saturated rings. The highest BCUT2D eigenvalue weighted by atomic mass is 19.2. The van der Waals surface area contributed by atoms with Crippen molar-refractivity contribution in [2.24, 2.45) is 0 Å². The molecule has 6 rings (SSSR count). The zero-order chi connectivity index (χ0) is 33.6. The number of aromatic nitrogens is 4. The standard InChI is InChI=1S/C36H36F2N8O2/c1-44-16-13-29(14-17-44)45(2)28-9-7-27(8-10-28)42-36-40-20-26-18-24(6-12-33(26)43-36)4-3-15-46(22-25-5-11-31(37)32(38)19-25)35(48)30-21-39-23-41-34(30)47/h3-12,18-21,23,29H,13-17,22H2,1-2H3,(H,39,41,47)(H,40,42,43)/b4-3+. The highest BCUT2D eigenvalue weighted by molar-refractivity contribution is 5.93. The van der Waals surface area contributed by atoms with Crippen LogP contribution < -0.4 is 15.8 Å². The number of nitrogens with one attached hydrogen (secondary N) is 2. The van der Waals surface area contributed by atoms with Crippen LogP contribution in [0.1, 0.15) is 34.3 Å². The van der Waals surface area contributed by atoms with Gasteiger partial charge in [0, 0.05) is 55.3 Å². The van der Waals surface area contributed by atoms with E-state index in [4.69, 9.17) is 0 Å². The highest BCUT2D eigenvalue weighted by Crippen LogP contribution is 2.25. The molecule has 2 aromatic heterocycles. The van der Waals surface area contributed by atoms with Gasteiger partial charge in [-0.05, 0) is 92.6 Å². The second-order valence-electron chi connectivity index (χ2n) is 12.0. The van der Waals surface area contributed by atoms with Gasteiger partial charge in [-0.1, -0.05) is 24.3 Å². The van der Waals surface area contributed by atoms with Gasteiger partial charge in [0.15, 0.2) is 11.6 Å². The Kier molecular flexibility index (Phi) is 9.81. The van der Waals surface area contributed by atoms with Crippen LogP contribution in [0.25, 0.3) is 17.0 Å². The molecule has 2 N–H and O–H groups in total. The SMILES string of the molecule is CN1CCC(N(C)c2ccc(Nc3ncc4cc(/C=C/CN(Cc5ccc(F)c(F)c5)C(=O)c5cnc[nH]c5=O)ccc4n3)cc2)CC1. The number of carbonyl (C=O) groups is 1. The minimum Gasteiger partial charge on any atom is -0.372 e. The number of fused-ring (bicyclic) bond motifs is 1. The molecule has 3 heterocycles. The number of likely N-dealkylation sites (tertiary alicyclic amines) is 1. The molecule has 246 valence electrons. The van der Waals surface area contributed by atoms with Crippen molar-refractivity contribution in [3.8, 4) is 0 Å². The summed E-state index contributed by atoms with van der Waals surface area (Å²) in [4.78, 5) is 47.0. The van der Waals surface area contributed by atoms with Crippen molar-refractivity contribution in [3.63, 3.8) is 0 Å². The molecule has 1 amide bonds. The Morgan fingerprint density at radius 2 is 1.83 bits per heavy atom. The van der Waals surface area contributed by atoms with E-state index < -0.39 is 23.1 Å². The summed E-state index contributed by atoms with van der Waals surface area (Å²) in [5, 5.41) is 4.12. The van der Waals surface area contributed by atoms with Gasteiger partial charge in [-0.2, -0.15) is 0 Å². The highest BCUT2D eigenvalue weighted by Gasteiger charge is 2.21. The first kappa shape index (κ1) is 32.5. The van der Waals surface area contributed by atoms with E-state index in [-0.39, 0.29) is 18.7 Å². The molecule has 0 unspecified atom stereocenters. The van der Waals surface area contributed by atoms with E-state index in [2.05, 4.69) is 61.3 Å². The molecule has 0 bridgehead atoms. The lowest BCUT2D eigenvalue weighted by Gasteiger charge is -2.36. The van der Waals surface area contributed by atoms with E-state index in [1.807, 2.05) is 36.4 Å². The quantitative estimate of drug-likeness (QED) is 0.201. The minimum absolute atomic E-state index is 0.0478. The molecular weight excluding hydrogens is 614 g/mol. The summed E-state index contributed by atoms with van der Waals surface area (Å²) in [6.45, 7) is 2.27. The monoisotopic (exact) mass is 650 g/mol. The normalized spacial score (nSPS) is 14.0. The average Bonchev–Trinajstić information content (AvgIpc) is 3.10. The predicted molar refractivity (Wildman–Crippen MR) is 183 cm³/mol. The van der Waals surface area contributed by atoms with Crippen molar-refractivity contribution in [3.05, 3.63) is 124 Å². The summed E-state index contributed by atoms with van der Waals surface area (Å²) in [7, 11) is 4.33. The van der Waals surface area contributed by atoms with Crippen LogP contribution in [0.5, 0.6) is 0 Å². The van der Waals surface area contributed by atoms with E-state index in [0.29, 0.717) is 17.6 Å². The lowest BCUT2D eigenvalue weighted by Crippen LogP contribution is -2.41. The molecule has 0 spiro atoms. The Hall–Kier alpha value is -5.49. The minimum atomic E-state index is -1.02. The molecular formula is C36H36F2N8O2. The molecule has 0 radical (unpaired) electrons. The molecule has 0 aliphatic carbocycles. The number of anilines is 3. The van der Waals surface area contributed by atoms with Gasteiger partial charge in [-0.25, -0.2) is 23.7 Å². The molecule has 1 saturated heterocycles. The first-order chi connectivity index (χ1) is 23.2. The summed E-state index contributed by atoms with van der Waals surface area (Å²) < 4.78 is 27.4. The van der Waals surface area contributed by atoms with Crippen LogP contribution in [0, 0.1) is 11.6 Å². The number of carbonyl (C=O) groups excluding carboxylic acids is 1. The molecule has 1 aliphatic rings. The maximum Gasteiger partial charge on any atom is 0.263 e. The Bertz CT molecular complexity index is 1990. The number of piperidine rings is 1. The van der Waals surface area contributed by atoms with Crippen LogP contribution in [-0.2, 0) is 6.54 Å². The fraction of sp³-hybridized carbons (Fsp3) is 0.250. The van der Waals surface area contributed by atoms with E-state index in [1.54, 1.807) is 12.3 Å². The first-order valence-corrected chi connectivity index (χ1v) is 15.7. The molecule has 12 heteroatoms. The van der Waals surface area contributed by atoms with Crippen molar-refractivity contribution in [2.45, 2.75) is 25.4 Å². The van der Waals surface area contributed by atoms with Crippen molar-refractivity contribution in [2.75, 3.05) is 43.9 Å². The lowest BCUT2D eigenvalue weighted by molar-refractivity contribution is 0.0760. The van der Waals surface area contributed by atoms with Crippen molar-refractivity contribution in [1.82, 2.24) is 29.7 Å². The smallest absolute Gasteiger partial charge is 0.263 e. The Balaban J connectivity index is 1.12. The summed E-state index contributed by atoms with van der Waals surface area (Å²) in [6, 6.07) is 18.0. The second kappa shape index (κ2) is 14.5. The molecule has 3 aromatic carbocycles.